The van der Waals surface area contributed by atoms with Gasteiger partial charge in [-0.1, -0.05) is 50.8 Å². The van der Waals surface area contributed by atoms with Crippen molar-refractivity contribution in [1.82, 2.24) is 14.7 Å². The number of ether oxygens (including phenoxy) is 1. The summed E-state index contributed by atoms with van der Waals surface area (Å²) in [4.78, 5) is 32.6. The molecule has 1 saturated heterocycles. The standard InChI is InChI=1S/C31H49N3O3/c1-3-19-34(31(36)37-24-25-11-6-4-7-12-25)28-17-20-33(21-18-28)23-26-13-10-16-29(22-26)32(2)30(35)27-14-8-5-9-15-27/h5,8-9,14-15,25-26,28-29H,3-4,6-7,10-13,16-24H2,1-2H3. The van der Waals surface area contributed by atoms with Crippen LogP contribution in [0.4, 0.5) is 4.79 Å². The van der Waals surface area contributed by atoms with Crippen molar-refractivity contribution in [2.24, 2.45) is 11.8 Å². The molecule has 1 aromatic rings. The molecule has 6 heteroatoms. The quantitative estimate of drug-likeness (QED) is 0.395. The van der Waals surface area contributed by atoms with Crippen molar-refractivity contribution in [3.8, 4) is 0 Å². The molecule has 2 saturated carbocycles. The van der Waals surface area contributed by atoms with Crippen molar-refractivity contribution in [3.05, 3.63) is 35.9 Å². The summed E-state index contributed by atoms with van der Waals surface area (Å²) >= 11 is 0. The van der Waals surface area contributed by atoms with Crippen molar-refractivity contribution in [1.29, 1.82) is 0 Å². The molecule has 2 aliphatic carbocycles. The Kier molecular flexibility index (Phi) is 10.7. The van der Waals surface area contributed by atoms with Gasteiger partial charge in [-0.3, -0.25) is 4.79 Å². The normalized spacial score (nSPS) is 23.9. The zero-order valence-electron chi connectivity index (χ0n) is 23.3. The number of hydrogen-bond donors (Lipinski definition) is 0. The number of hydrogen-bond acceptors (Lipinski definition) is 4. The van der Waals surface area contributed by atoms with Gasteiger partial charge in [0.2, 0.25) is 0 Å². The van der Waals surface area contributed by atoms with Gasteiger partial charge in [0.15, 0.2) is 0 Å². The first kappa shape index (κ1) is 27.9. The molecule has 2 unspecified atom stereocenters. The summed E-state index contributed by atoms with van der Waals surface area (Å²) in [5, 5.41) is 0. The number of amides is 2. The molecule has 1 aromatic carbocycles. The Labute approximate surface area is 224 Å². The van der Waals surface area contributed by atoms with Crippen LogP contribution in [-0.4, -0.2) is 78.6 Å². The lowest BCUT2D eigenvalue weighted by Crippen LogP contribution is -2.49. The van der Waals surface area contributed by atoms with Gasteiger partial charge >= 0.3 is 6.09 Å². The van der Waals surface area contributed by atoms with E-state index in [1.54, 1.807) is 0 Å². The average molecular weight is 512 g/mol. The van der Waals surface area contributed by atoms with Gasteiger partial charge in [0, 0.05) is 50.9 Å². The van der Waals surface area contributed by atoms with Crippen molar-refractivity contribution >= 4 is 12.0 Å². The molecule has 0 radical (unpaired) electrons. The monoisotopic (exact) mass is 511 g/mol. The van der Waals surface area contributed by atoms with Crippen LogP contribution in [0.15, 0.2) is 30.3 Å². The Hall–Kier alpha value is -2.08. The lowest BCUT2D eigenvalue weighted by Gasteiger charge is -2.41. The minimum Gasteiger partial charge on any atom is -0.449 e. The molecule has 1 aliphatic heterocycles. The van der Waals surface area contributed by atoms with E-state index in [1.165, 1.54) is 44.9 Å². The molecule has 4 rings (SSSR count). The summed E-state index contributed by atoms with van der Waals surface area (Å²) in [7, 11) is 1.98. The maximum Gasteiger partial charge on any atom is 0.410 e. The highest BCUT2D eigenvalue weighted by molar-refractivity contribution is 5.94. The number of rotatable bonds is 9. The lowest BCUT2D eigenvalue weighted by atomic mass is 9.84. The van der Waals surface area contributed by atoms with Crippen LogP contribution in [-0.2, 0) is 4.74 Å². The van der Waals surface area contributed by atoms with E-state index in [2.05, 4.69) is 11.8 Å². The fourth-order valence-corrected chi connectivity index (χ4v) is 6.80. The van der Waals surface area contributed by atoms with Crippen molar-refractivity contribution in [2.45, 2.75) is 96.1 Å². The molecule has 3 aliphatic rings. The second-order valence-corrected chi connectivity index (χ2v) is 11.8. The lowest BCUT2D eigenvalue weighted by molar-refractivity contribution is 0.0454. The van der Waals surface area contributed by atoms with E-state index in [1.807, 2.05) is 47.2 Å². The van der Waals surface area contributed by atoms with E-state index in [9.17, 15) is 9.59 Å². The second-order valence-electron chi connectivity index (χ2n) is 11.8. The Morgan fingerprint density at radius 3 is 2.30 bits per heavy atom. The maximum atomic E-state index is 13.0. The summed E-state index contributed by atoms with van der Waals surface area (Å²) in [5.74, 6) is 1.33. The Morgan fingerprint density at radius 1 is 0.892 bits per heavy atom. The number of likely N-dealkylation sites (tertiary alicyclic amines) is 1. The minimum absolute atomic E-state index is 0.0906. The Bertz CT molecular complexity index is 833. The van der Waals surface area contributed by atoms with Crippen molar-refractivity contribution < 1.29 is 14.3 Å². The van der Waals surface area contributed by atoms with Crippen LogP contribution in [0.25, 0.3) is 0 Å². The predicted octanol–water partition coefficient (Wildman–Crippen LogP) is 6.21. The zero-order valence-corrected chi connectivity index (χ0v) is 23.3. The smallest absolute Gasteiger partial charge is 0.410 e. The fourth-order valence-electron chi connectivity index (χ4n) is 6.80. The third-order valence-electron chi connectivity index (χ3n) is 9.02. The minimum atomic E-state index is -0.0906. The van der Waals surface area contributed by atoms with E-state index in [4.69, 9.17) is 4.74 Å². The van der Waals surface area contributed by atoms with Crippen molar-refractivity contribution in [3.63, 3.8) is 0 Å². The van der Waals surface area contributed by atoms with Crippen LogP contribution >= 0.6 is 0 Å². The summed E-state index contributed by atoms with van der Waals surface area (Å²) in [5.41, 5.74) is 0.781. The van der Waals surface area contributed by atoms with Gasteiger partial charge < -0.3 is 19.4 Å². The highest BCUT2D eigenvalue weighted by Gasteiger charge is 2.32. The largest absolute Gasteiger partial charge is 0.449 e. The number of piperidine rings is 1. The molecule has 0 N–H and O–H groups in total. The molecule has 1 heterocycles. The van der Waals surface area contributed by atoms with Gasteiger partial charge in [-0.05, 0) is 75.3 Å². The van der Waals surface area contributed by atoms with E-state index in [-0.39, 0.29) is 12.0 Å². The van der Waals surface area contributed by atoms with Crippen LogP contribution in [0.2, 0.25) is 0 Å². The van der Waals surface area contributed by atoms with Crippen molar-refractivity contribution in [2.75, 3.05) is 39.8 Å². The third-order valence-corrected chi connectivity index (χ3v) is 9.02. The first-order valence-corrected chi connectivity index (χ1v) is 15.0. The maximum absolute atomic E-state index is 13.0. The van der Waals surface area contributed by atoms with Gasteiger partial charge in [0.05, 0.1) is 6.61 Å². The van der Waals surface area contributed by atoms with Gasteiger partial charge in [-0.25, -0.2) is 4.79 Å². The Morgan fingerprint density at radius 2 is 1.59 bits per heavy atom. The summed E-state index contributed by atoms with van der Waals surface area (Å²) in [6.45, 7) is 6.73. The first-order valence-electron chi connectivity index (χ1n) is 15.0. The van der Waals surface area contributed by atoms with Gasteiger partial charge in [-0.2, -0.15) is 0 Å². The number of carbonyl (C=O) groups excluding carboxylic acids is 2. The molecule has 0 aromatic heterocycles. The summed E-state index contributed by atoms with van der Waals surface area (Å²) in [6.07, 6.45) is 13.9. The highest BCUT2D eigenvalue weighted by atomic mass is 16.6. The molecule has 2 amide bonds. The van der Waals surface area contributed by atoms with Gasteiger partial charge in [0.25, 0.3) is 5.91 Å². The van der Waals surface area contributed by atoms with Gasteiger partial charge in [-0.15, -0.1) is 0 Å². The molecule has 206 valence electrons. The number of benzene rings is 1. The molecule has 37 heavy (non-hydrogen) atoms. The molecular formula is C31H49N3O3. The summed E-state index contributed by atoms with van der Waals surface area (Å²) in [6, 6.07) is 10.3. The molecule has 2 atom stereocenters. The predicted molar refractivity (Wildman–Crippen MR) is 149 cm³/mol. The van der Waals surface area contributed by atoms with Crippen LogP contribution in [0.1, 0.15) is 94.3 Å². The SMILES string of the molecule is CCCN(C(=O)OCC1CCCCC1)C1CCN(CC2CCCC(N(C)C(=O)c3ccccc3)C2)CC1. The third kappa shape index (κ3) is 7.95. The van der Waals surface area contributed by atoms with E-state index < -0.39 is 0 Å². The van der Waals surface area contributed by atoms with Crippen LogP contribution in [0, 0.1) is 11.8 Å². The molecule has 6 nitrogen and oxygen atoms in total. The fraction of sp³-hybridized carbons (Fsp3) is 0.742. The highest BCUT2D eigenvalue weighted by Crippen LogP contribution is 2.30. The molecule has 0 bridgehead atoms. The second kappa shape index (κ2) is 14.2. The molecule has 0 spiro atoms. The van der Waals surface area contributed by atoms with Crippen LogP contribution in [0.3, 0.4) is 0 Å². The Balaban J connectivity index is 1.22. The molecular weight excluding hydrogens is 462 g/mol. The average Bonchev–Trinajstić information content (AvgIpc) is 2.95. The van der Waals surface area contributed by atoms with E-state index >= 15 is 0 Å². The molecule has 3 fully saturated rings. The van der Waals surface area contributed by atoms with Gasteiger partial charge in [0.1, 0.15) is 0 Å². The van der Waals surface area contributed by atoms with Crippen LogP contribution < -0.4 is 0 Å². The summed E-state index contributed by atoms with van der Waals surface area (Å²) < 4.78 is 5.82. The first-order chi connectivity index (χ1) is 18.0. The zero-order chi connectivity index (χ0) is 26.0. The van der Waals surface area contributed by atoms with Crippen LogP contribution in [0.5, 0.6) is 0 Å². The van der Waals surface area contributed by atoms with E-state index in [0.717, 1.165) is 63.8 Å². The van der Waals surface area contributed by atoms with E-state index in [0.29, 0.717) is 30.5 Å². The topological polar surface area (TPSA) is 53.1 Å². The number of nitrogens with zero attached hydrogens (tertiary/aromatic N) is 3. The number of carbonyl (C=O) groups is 2.